The molecule has 1 aliphatic heterocycles. The molecule has 8 nitrogen and oxygen atoms in total. The Labute approximate surface area is 235 Å². The van der Waals surface area contributed by atoms with Crippen LogP contribution in [0, 0.1) is 0 Å². The lowest BCUT2D eigenvalue weighted by Crippen LogP contribution is -2.60. The summed E-state index contributed by atoms with van der Waals surface area (Å²) in [6.45, 7) is 6.70. The summed E-state index contributed by atoms with van der Waals surface area (Å²) in [7, 11) is 0. The topological polar surface area (TPSA) is 103 Å². The molecule has 3 N–H and O–H groups in total. The van der Waals surface area contributed by atoms with Crippen molar-refractivity contribution in [2.75, 3.05) is 18.0 Å². The van der Waals surface area contributed by atoms with E-state index in [2.05, 4.69) is 38.7 Å². The zero-order valence-corrected chi connectivity index (χ0v) is 23.6. The zero-order chi connectivity index (χ0) is 27.3. The van der Waals surface area contributed by atoms with Gasteiger partial charge in [-0.05, 0) is 86.6 Å². The maximum Gasteiger partial charge on any atom is 0.407 e. The van der Waals surface area contributed by atoms with E-state index in [0.29, 0.717) is 29.0 Å². The van der Waals surface area contributed by atoms with Crippen LogP contribution in [0.4, 0.5) is 9.93 Å². The molecule has 2 fully saturated rings. The number of thiazole rings is 1. The van der Waals surface area contributed by atoms with E-state index in [9.17, 15) is 9.90 Å². The molecule has 4 aromatic rings. The van der Waals surface area contributed by atoms with E-state index in [4.69, 9.17) is 16.3 Å². The van der Waals surface area contributed by atoms with Crippen molar-refractivity contribution in [3.05, 3.63) is 69.2 Å². The summed E-state index contributed by atoms with van der Waals surface area (Å²) >= 11 is 7.79. The normalized spacial score (nSPS) is 16.4. The van der Waals surface area contributed by atoms with Crippen LogP contribution >= 0.6 is 22.9 Å². The van der Waals surface area contributed by atoms with Crippen molar-refractivity contribution < 1.29 is 14.6 Å². The Balaban J connectivity index is 1.31. The van der Waals surface area contributed by atoms with Crippen molar-refractivity contribution in [2.24, 2.45) is 0 Å². The Hall–Kier alpha value is -3.56. The van der Waals surface area contributed by atoms with Gasteiger partial charge in [0.1, 0.15) is 10.5 Å². The molecular formula is C29H30ClN5O3S. The number of aromatic amines is 1. The Morgan fingerprint density at radius 2 is 2.03 bits per heavy atom. The first-order valence-electron chi connectivity index (χ1n) is 13.0. The Bertz CT molecular complexity index is 1580. The maximum absolute atomic E-state index is 12.1. The molecule has 2 aliphatic rings. The summed E-state index contributed by atoms with van der Waals surface area (Å²) in [6, 6.07) is 12.1. The summed E-state index contributed by atoms with van der Waals surface area (Å²) in [5.41, 5.74) is 4.56. The third-order valence-corrected chi connectivity index (χ3v) is 8.21. The van der Waals surface area contributed by atoms with E-state index >= 15 is 0 Å². The Kier molecular flexibility index (Phi) is 6.51. The number of carbonyl (C=O) groups excluding carboxylic acids is 1. The van der Waals surface area contributed by atoms with E-state index in [0.717, 1.165) is 45.5 Å². The summed E-state index contributed by atoms with van der Waals surface area (Å²) in [5, 5.41) is 23.5. The molecule has 0 spiro atoms. The monoisotopic (exact) mass is 563 g/mol. The number of ether oxygens (including phenoxy) is 1. The van der Waals surface area contributed by atoms with Gasteiger partial charge in [-0.25, -0.2) is 4.79 Å². The van der Waals surface area contributed by atoms with Gasteiger partial charge >= 0.3 is 6.09 Å². The second kappa shape index (κ2) is 9.88. The van der Waals surface area contributed by atoms with E-state index in [1.165, 1.54) is 16.9 Å². The first-order valence-corrected chi connectivity index (χ1v) is 14.2. The third kappa shape index (κ3) is 5.60. The highest BCUT2D eigenvalue weighted by Gasteiger charge is 2.33. The van der Waals surface area contributed by atoms with Gasteiger partial charge in [0.2, 0.25) is 5.88 Å². The van der Waals surface area contributed by atoms with Gasteiger partial charge in [-0.2, -0.15) is 10.1 Å². The minimum Gasteiger partial charge on any atom is -0.492 e. The minimum atomic E-state index is -0.546. The number of anilines is 1. The maximum atomic E-state index is 12.1. The lowest BCUT2D eigenvalue weighted by molar-refractivity contribution is 0.0496. The Morgan fingerprint density at radius 3 is 2.77 bits per heavy atom. The van der Waals surface area contributed by atoms with Gasteiger partial charge < -0.3 is 20.1 Å². The van der Waals surface area contributed by atoms with Gasteiger partial charge in [-0.15, -0.1) is 0 Å². The first kappa shape index (κ1) is 25.7. The number of fused-ring (bicyclic) bond motifs is 1. The highest BCUT2D eigenvalue weighted by molar-refractivity contribution is 7.17. The van der Waals surface area contributed by atoms with Crippen LogP contribution in [0.3, 0.4) is 0 Å². The molecule has 1 saturated carbocycles. The van der Waals surface area contributed by atoms with Gasteiger partial charge in [-0.3, -0.25) is 5.10 Å². The van der Waals surface area contributed by atoms with Crippen LogP contribution in [-0.4, -0.2) is 51.1 Å². The molecule has 2 aromatic heterocycles. The average Bonchev–Trinajstić information content (AvgIpc) is 3.47. The van der Waals surface area contributed by atoms with Crippen LogP contribution in [0.25, 0.3) is 22.6 Å². The molecule has 6 rings (SSSR count). The van der Waals surface area contributed by atoms with Gasteiger partial charge in [0.15, 0.2) is 5.13 Å². The van der Waals surface area contributed by atoms with Crippen molar-refractivity contribution in [2.45, 2.75) is 51.2 Å². The molecule has 0 atom stereocenters. The number of benzene rings is 2. The number of aromatic hydroxyl groups is 1. The molecule has 0 unspecified atom stereocenters. The lowest BCUT2D eigenvalue weighted by atomic mass is 9.96. The number of alkyl carbamates (subject to hydrolysis) is 1. The zero-order valence-electron chi connectivity index (χ0n) is 22.0. The SMILES string of the molecule is CC(C)(C)OC(=O)NC1CN(c2nc(O)c(C(=Cc3ccc(Cl)cc3C3CC3)c3ccc4[nH]ncc4c3)s2)C1. The van der Waals surface area contributed by atoms with Gasteiger partial charge in [-0.1, -0.05) is 35.1 Å². The van der Waals surface area contributed by atoms with Crippen molar-refractivity contribution in [3.8, 4) is 5.88 Å². The number of carbonyl (C=O) groups is 1. The van der Waals surface area contributed by atoms with Crippen LogP contribution in [0.5, 0.6) is 5.88 Å². The number of H-pyrrole nitrogens is 1. The quantitative estimate of drug-likeness (QED) is 0.230. The van der Waals surface area contributed by atoms with E-state index in [-0.39, 0.29) is 11.9 Å². The molecule has 10 heteroatoms. The van der Waals surface area contributed by atoms with Crippen molar-refractivity contribution >= 4 is 56.7 Å². The molecule has 2 aromatic carbocycles. The molecule has 202 valence electrons. The van der Waals surface area contributed by atoms with E-state index in [1.807, 2.05) is 49.9 Å². The van der Waals surface area contributed by atoms with Gasteiger partial charge in [0.25, 0.3) is 0 Å². The number of rotatable bonds is 6. The Morgan fingerprint density at radius 1 is 1.23 bits per heavy atom. The van der Waals surface area contributed by atoms with E-state index < -0.39 is 11.7 Å². The predicted molar refractivity (Wildman–Crippen MR) is 156 cm³/mol. The van der Waals surface area contributed by atoms with Crippen LogP contribution in [0.1, 0.15) is 61.1 Å². The van der Waals surface area contributed by atoms with Gasteiger partial charge in [0, 0.05) is 29.1 Å². The summed E-state index contributed by atoms with van der Waals surface area (Å²) in [4.78, 5) is 19.4. The third-order valence-electron chi connectivity index (χ3n) is 6.83. The molecule has 1 amide bonds. The molecule has 1 saturated heterocycles. The van der Waals surface area contributed by atoms with Crippen molar-refractivity contribution in [3.63, 3.8) is 0 Å². The second-order valence-corrected chi connectivity index (χ2v) is 12.6. The number of aromatic nitrogens is 3. The van der Waals surface area contributed by atoms with Crippen molar-refractivity contribution in [1.82, 2.24) is 20.5 Å². The highest BCUT2D eigenvalue weighted by atomic mass is 35.5. The number of nitrogens with zero attached hydrogens (tertiary/aromatic N) is 3. The molecule has 0 radical (unpaired) electrons. The molecule has 0 bridgehead atoms. The van der Waals surface area contributed by atoms with Crippen LogP contribution < -0.4 is 10.2 Å². The fourth-order valence-electron chi connectivity index (χ4n) is 4.78. The fourth-order valence-corrected chi connectivity index (χ4v) is 5.98. The standard InChI is InChI=1S/C29H30ClN5O3S/c1-29(2,3)38-28(37)32-21-14-35(15-21)27-33-26(36)25(39-27)23(17-7-9-24-19(10-17)13-31-34-24)11-18-6-8-20(30)12-22(18)16-4-5-16/h6-13,16,21,36H,4-5,14-15H2,1-3H3,(H,31,34)(H,32,37). The molecular weight excluding hydrogens is 534 g/mol. The van der Waals surface area contributed by atoms with Gasteiger partial charge in [0.05, 0.1) is 17.8 Å². The highest BCUT2D eigenvalue weighted by Crippen LogP contribution is 2.45. The lowest BCUT2D eigenvalue weighted by Gasteiger charge is -2.39. The van der Waals surface area contributed by atoms with Crippen LogP contribution in [-0.2, 0) is 4.74 Å². The first-order chi connectivity index (χ1) is 18.6. The summed E-state index contributed by atoms with van der Waals surface area (Å²) in [6.07, 6.45) is 5.81. The second-order valence-electron chi connectivity index (χ2n) is 11.2. The number of nitrogens with one attached hydrogen (secondary N) is 2. The number of halogens is 1. The molecule has 1 aliphatic carbocycles. The smallest absolute Gasteiger partial charge is 0.407 e. The molecule has 3 heterocycles. The number of hydrogen-bond acceptors (Lipinski definition) is 7. The predicted octanol–water partition coefficient (Wildman–Crippen LogP) is 6.56. The number of hydrogen-bond donors (Lipinski definition) is 3. The fraction of sp³-hybridized carbons (Fsp3) is 0.345. The summed E-state index contributed by atoms with van der Waals surface area (Å²) < 4.78 is 5.36. The minimum absolute atomic E-state index is 0.0148. The molecule has 39 heavy (non-hydrogen) atoms. The van der Waals surface area contributed by atoms with E-state index in [1.54, 1.807) is 6.20 Å². The van der Waals surface area contributed by atoms with Crippen LogP contribution in [0.2, 0.25) is 5.02 Å². The largest absolute Gasteiger partial charge is 0.492 e. The number of amides is 1. The summed E-state index contributed by atoms with van der Waals surface area (Å²) in [5.74, 6) is 0.493. The van der Waals surface area contributed by atoms with Crippen molar-refractivity contribution in [1.29, 1.82) is 0 Å². The average molecular weight is 564 g/mol. The van der Waals surface area contributed by atoms with Crippen LogP contribution in [0.15, 0.2) is 42.6 Å².